The van der Waals surface area contributed by atoms with Crippen molar-refractivity contribution in [2.24, 2.45) is 0 Å². The van der Waals surface area contributed by atoms with Crippen LogP contribution in [0.3, 0.4) is 0 Å². The van der Waals surface area contributed by atoms with Gasteiger partial charge in [-0.3, -0.25) is 4.79 Å². The van der Waals surface area contributed by atoms with Crippen LogP contribution in [-0.2, 0) is 4.79 Å². The molecule has 0 radical (unpaired) electrons. The van der Waals surface area contributed by atoms with Crippen molar-refractivity contribution in [3.63, 3.8) is 0 Å². The Kier molecular flexibility index (Phi) is 5.16. The second kappa shape index (κ2) is 6.40. The van der Waals surface area contributed by atoms with E-state index in [1.165, 1.54) is 11.1 Å². The van der Waals surface area contributed by atoms with Crippen LogP contribution in [-0.4, -0.2) is 17.1 Å². The monoisotopic (exact) mass is 235 g/mol. The first kappa shape index (κ1) is 13.7. The Morgan fingerprint density at radius 2 is 2.00 bits per heavy atom. The highest BCUT2D eigenvalue weighted by Gasteiger charge is 2.11. The van der Waals surface area contributed by atoms with Gasteiger partial charge in [0.1, 0.15) is 0 Å². The summed E-state index contributed by atoms with van der Waals surface area (Å²) in [6.45, 7) is 6.23. The van der Waals surface area contributed by atoms with Crippen molar-refractivity contribution in [1.29, 1.82) is 0 Å². The summed E-state index contributed by atoms with van der Waals surface area (Å²) in [5.41, 5.74) is 2.53. The molecule has 2 atom stereocenters. The zero-order chi connectivity index (χ0) is 12.8. The van der Waals surface area contributed by atoms with Gasteiger partial charge in [0.2, 0.25) is 0 Å². The molecule has 0 saturated carbocycles. The fourth-order valence-corrected chi connectivity index (χ4v) is 2.01. The van der Waals surface area contributed by atoms with Gasteiger partial charge in [-0.05, 0) is 38.3 Å². The van der Waals surface area contributed by atoms with Crippen LogP contribution < -0.4 is 5.32 Å². The van der Waals surface area contributed by atoms with Crippen LogP contribution in [0, 0.1) is 6.92 Å². The molecule has 17 heavy (non-hydrogen) atoms. The topological polar surface area (TPSA) is 49.3 Å². The van der Waals surface area contributed by atoms with E-state index in [-0.39, 0.29) is 18.5 Å². The summed E-state index contributed by atoms with van der Waals surface area (Å²) in [4.78, 5) is 10.5. The van der Waals surface area contributed by atoms with Crippen LogP contribution in [0.5, 0.6) is 0 Å². The first-order valence-electron chi connectivity index (χ1n) is 6.04. The molecule has 0 saturated heterocycles. The molecule has 1 aromatic carbocycles. The summed E-state index contributed by atoms with van der Waals surface area (Å²) in [5.74, 6) is -0.734. The third-order valence-electron chi connectivity index (χ3n) is 2.98. The molecule has 0 aromatic heterocycles. The number of benzene rings is 1. The van der Waals surface area contributed by atoms with E-state index < -0.39 is 5.97 Å². The van der Waals surface area contributed by atoms with Gasteiger partial charge in [0.05, 0.1) is 0 Å². The molecule has 2 unspecified atom stereocenters. The number of hydrogen-bond donors (Lipinski definition) is 2. The first-order valence-corrected chi connectivity index (χ1v) is 6.04. The minimum atomic E-state index is -0.734. The summed E-state index contributed by atoms with van der Waals surface area (Å²) >= 11 is 0. The molecule has 3 nitrogen and oxygen atoms in total. The SMILES string of the molecule is Cc1ccccc1C(C)NC(C)CCC(=O)O. The predicted octanol–water partition coefficient (Wildman–Crippen LogP) is 2.90. The van der Waals surface area contributed by atoms with E-state index in [9.17, 15) is 4.79 Å². The van der Waals surface area contributed by atoms with E-state index in [0.717, 1.165) is 0 Å². The molecule has 0 aliphatic carbocycles. The lowest BCUT2D eigenvalue weighted by molar-refractivity contribution is -0.137. The first-order chi connectivity index (χ1) is 8.00. The van der Waals surface area contributed by atoms with Gasteiger partial charge in [-0.25, -0.2) is 0 Å². The lowest BCUT2D eigenvalue weighted by atomic mass is 10.0. The molecule has 94 valence electrons. The number of nitrogens with one attached hydrogen (secondary N) is 1. The fourth-order valence-electron chi connectivity index (χ4n) is 2.01. The van der Waals surface area contributed by atoms with Crippen molar-refractivity contribution in [3.8, 4) is 0 Å². The molecule has 0 heterocycles. The number of aliphatic carboxylic acids is 1. The minimum Gasteiger partial charge on any atom is -0.481 e. The van der Waals surface area contributed by atoms with Gasteiger partial charge < -0.3 is 10.4 Å². The fraction of sp³-hybridized carbons (Fsp3) is 0.500. The van der Waals surface area contributed by atoms with Crippen molar-refractivity contribution in [3.05, 3.63) is 35.4 Å². The summed E-state index contributed by atoms with van der Waals surface area (Å²) in [5, 5.41) is 12.1. The molecular formula is C14H21NO2. The largest absolute Gasteiger partial charge is 0.481 e. The van der Waals surface area contributed by atoms with Crippen molar-refractivity contribution in [1.82, 2.24) is 5.32 Å². The average molecular weight is 235 g/mol. The van der Waals surface area contributed by atoms with E-state index in [4.69, 9.17) is 5.11 Å². The highest BCUT2D eigenvalue weighted by Crippen LogP contribution is 2.17. The van der Waals surface area contributed by atoms with E-state index in [1.807, 2.05) is 19.1 Å². The Morgan fingerprint density at radius 3 is 2.59 bits per heavy atom. The van der Waals surface area contributed by atoms with Gasteiger partial charge in [-0.1, -0.05) is 24.3 Å². The van der Waals surface area contributed by atoms with Gasteiger partial charge >= 0.3 is 5.97 Å². The van der Waals surface area contributed by atoms with Crippen molar-refractivity contribution < 1.29 is 9.90 Å². The molecule has 0 amide bonds. The lowest BCUT2D eigenvalue weighted by Gasteiger charge is -2.21. The highest BCUT2D eigenvalue weighted by molar-refractivity contribution is 5.66. The second-order valence-electron chi connectivity index (χ2n) is 4.58. The second-order valence-corrected chi connectivity index (χ2v) is 4.58. The number of carboxylic acids is 1. The minimum absolute atomic E-state index is 0.209. The number of carbonyl (C=O) groups is 1. The van der Waals surface area contributed by atoms with E-state index in [0.29, 0.717) is 6.42 Å². The Hall–Kier alpha value is -1.35. The van der Waals surface area contributed by atoms with Crippen LogP contribution in [0.1, 0.15) is 43.9 Å². The maximum absolute atomic E-state index is 10.5. The predicted molar refractivity (Wildman–Crippen MR) is 69.1 cm³/mol. The number of aryl methyl sites for hydroxylation is 1. The Balaban J connectivity index is 2.51. The molecule has 2 N–H and O–H groups in total. The molecule has 1 aromatic rings. The zero-order valence-electron chi connectivity index (χ0n) is 10.7. The molecule has 0 fully saturated rings. The Labute approximate surface area is 103 Å². The molecular weight excluding hydrogens is 214 g/mol. The van der Waals surface area contributed by atoms with Crippen LogP contribution >= 0.6 is 0 Å². The van der Waals surface area contributed by atoms with Crippen LogP contribution in [0.2, 0.25) is 0 Å². The quantitative estimate of drug-likeness (QED) is 0.797. The van der Waals surface area contributed by atoms with Crippen molar-refractivity contribution in [2.45, 2.75) is 45.7 Å². The summed E-state index contributed by atoms with van der Waals surface area (Å²) in [6, 6.07) is 8.72. The molecule has 0 aliphatic rings. The smallest absolute Gasteiger partial charge is 0.303 e. The van der Waals surface area contributed by atoms with E-state index in [1.54, 1.807) is 0 Å². The average Bonchev–Trinajstić information content (AvgIpc) is 2.26. The number of rotatable bonds is 6. The van der Waals surface area contributed by atoms with Gasteiger partial charge in [0, 0.05) is 18.5 Å². The Bertz CT molecular complexity index is 376. The summed E-state index contributed by atoms with van der Waals surface area (Å²) in [7, 11) is 0. The molecule has 0 aliphatic heterocycles. The Morgan fingerprint density at radius 1 is 1.35 bits per heavy atom. The molecule has 1 rings (SSSR count). The maximum Gasteiger partial charge on any atom is 0.303 e. The van der Waals surface area contributed by atoms with Gasteiger partial charge in [-0.15, -0.1) is 0 Å². The lowest BCUT2D eigenvalue weighted by Crippen LogP contribution is -2.29. The van der Waals surface area contributed by atoms with Gasteiger partial charge in [0.25, 0.3) is 0 Å². The molecule has 3 heteroatoms. The van der Waals surface area contributed by atoms with Gasteiger partial charge in [0.15, 0.2) is 0 Å². The van der Waals surface area contributed by atoms with Crippen LogP contribution in [0.4, 0.5) is 0 Å². The standard InChI is InChI=1S/C14H21NO2/c1-10-6-4-5-7-13(10)12(3)15-11(2)8-9-14(16)17/h4-7,11-12,15H,8-9H2,1-3H3,(H,16,17). The number of hydrogen-bond acceptors (Lipinski definition) is 2. The third-order valence-corrected chi connectivity index (χ3v) is 2.98. The van der Waals surface area contributed by atoms with Crippen LogP contribution in [0.25, 0.3) is 0 Å². The number of carboxylic acid groups (broad SMARTS) is 1. The molecule has 0 bridgehead atoms. The third kappa shape index (κ3) is 4.57. The van der Waals surface area contributed by atoms with Crippen molar-refractivity contribution >= 4 is 5.97 Å². The normalized spacial score (nSPS) is 14.3. The van der Waals surface area contributed by atoms with E-state index >= 15 is 0 Å². The zero-order valence-corrected chi connectivity index (χ0v) is 10.7. The molecule has 0 spiro atoms. The van der Waals surface area contributed by atoms with Crippen molar-refractivity contribution in [2.75, 3.05) is 0 Å². The maximum atomic E-state index is 10.5. The van der Waals surface area contributed by atoms with Gasteiger partial charge in [-0.2, -0.15) is 0 Å². The van der Waals surface area contributed by atoms with Crippen LogP contribution in [0.15, 0.2) is 24.3 Å². The summed E-state index contributed by atoms with van der Waals surface area (Å²) in [6.07, 6.45) is 0.875. The van der Waals surface area contributed by atoms with E-state index in [2.05, 4.69) is 31.3 Å². The highest BCUT2D eigenvalue weighted by atomic mass is 16.4. The summed E-state index contributed by atoms with van der Waals surface area (Å²) < 4.78 is 0.